The monoisotopic (exact) mass is 440 g/mol. The molecule has 1 aliphatic rings. The number of carbonyl (C=O) groups is 1. The maximum Gasteiger partial charge on any atom is 0.335 e. The average molecular weight is 440 g/mol. The van der Waals surface area contributed by atoms with E-state index in [1.54, 1.807) is 19.1 Å². The zero-order valence-corrected chi connectivity index (χ0v) is 17.0. The van der Waals surface area contributed by atoms with E-state index in [2.05, 4.69) is 10.0 Å². The molecule has 1 fully saturated rings. The van der Waals surface area contributed by atoms with Gasteiger partial charge in [-0.05, 0) is 48.9 Å². The fourth-order valence-corrected chi connectivity index (χ4v) is 6.12. The largest absolute Gasteiger partial charge is 0.478 e. The van der Waals surface area contributed by atoms with Crippen LogP contribution in [0.5, 0.6) is 0 Å². The van der Waals surface area contributed by atoms with Crippen molar-refractivity contribution >= 4 is 37.2 Å². The fraction of sp³-hybridized carbons (Fsp3) is 0.278. The first kappa shape index (κ1) is 21.1. The van der Waals surface area contributed by atoms with Crippen molar-refractivity contribution in [3.63, 3.8) is 0 Å². The lowest BCUT2D eigenvalue weighted by molar-refractivity contribution is 0.0696. The second-order valence-corrected chi connectivity index (χ2v) is 10.7. The highest BCUT2D eigenvalue weighted by molar-refractivity contribution is 7.92. The van der Waals surface area contributed by atoms with Crippen LogP contribution in [0.25, 0.3) is 0 Å². The van der Waals surface area contributed by atoms with Crippen LogP contribution in [0.4, 0.5) is 11.4 Å². The zero-order valence-electron chi connectivity index (χ0n) is 15.4. The molecule has 0 radical (unpaired) electrons. The molecule has 0 amide bonds. The second kappa shape index (κ2) is 7.65. The topological polar surface area (TPSA) is 150 Å². The zero-order chi connectivity index (χ0) is 21.4. The summed E-state index contributed by atoms with van der Waals surface area (Å²) < 4.78 is 50.8. The number of sulfone groups is 1. The Morgan fingerprint density at radius 1 is 1.07 bits per heavy atom. The Labute approximate surface area is 168 Å². The van der Waals surface area contributed by atoms with E-state index in [-0.39, 0.29) is 27.7 Å². The molecule has 2 aromatic carbocycles. The lowest BCUT2D eigenvalue weighted by Gasteiger charge is -2.17. The summed E-state index contributed by atoms with van der Waals surface area (Å²) >= 11 is 0. The van der Waals surface area contributed by atoms with Crippen LogP contribution in [0.15, 0.2) is 47.4 Å². The summed E-state index contributed by atoms with van der Waals surface area (Å²) in [5.41, 5.74) is 1.03. The lowest BCUT2D eigenvalue weighted by atomic mass is 10.1. The Morgan fingerprint density at radius 2 is 1.69 bits per heavy atom. The van der Waals surface area contributed by atoms with Crippen LogP contribution < -0.4 is 10.0 Å². The first-order valence-corrected chi connectivity index (χ1v) is 11.9. The summed E-state index contributed by atoms with van der Waals surface area (Å²) in [7, 11) is -7.30. The molecular weight excluding hydrogens is 420 g/mol. The van der Waals surface area contributed by atoms with Crippen molar-refractivity contribution in [1.29, 1.82) is 0 Å². The number of rotatable bonds is 6. The Bertz CT molecular complexity index is 1140. The van der Waals surface area contributed by atoms with Crippen LogP contribution in [0.3, 0.4) is 0 Å². The number of aryl methyl sites for hydroxylation is 1. The standard InChI is InChI=1S/C18H20N2O7S2/c1-11-2-3-12(18(22)23)8-17(11)29(26,27)20-14-6-4-13(5-7-14)19-15-9-28(24,25)10-16(15)21/h2-8,15-16,19-21H,9-10H2,1H3,(H,22,23)/t15-,16+/m1/s1. The van der Waals surface area contributed by atoms with Gasteiger partial charge in [0.15, 0.2) is 9.84 Å². The molecule has 11 heteroatoms. The quantitative estimate of drug-likeness (QED) is 0.521. The summed E-state index contributed by atoms with van der Waals surface area (Å²) in [6, 6.07) is 9.27. The van der Waals surface area contributed by atoms with Gasteiger partial charge in [-0.2, -0.15) is 0 Å². The van der Waals surface area contributed by atoms with Gasteiger partial charge in [0.1, 0.15) is 0 Å². The molecule has 9 nitrogen and oxygen atoms in total. The second-order valence-electron chi connectivity index (χ2n) is 6.86. The van der Waals surface area contributed by atoms with E-state index in [9.17, 15) is 26.7 Å². The minimum atomic E-state index is -4.01. The van der Waals surface area contributed by atoms with Gasteiger partial charge in [0.2, 0.25) is 0 Å². The first-order valence-electron chi connectivity index (χ1n) is 8.59. The molecule has 1 heterocycles. The van der Waals surface area contributed by atoms with Gasteiger partial charge < -0.3 is 15.5 Å². The van der Waals surface area contributed by atoms with Crippen molar-refractivity contribution in [3.05, 3.63) is 53.6 Å². The number of aromatic carboxylic acids is 1. The number of aliphatic hydroxyl groups is 1. The summed E-state index contributed by atoms with van der Waals surface area (Å²) in [6.45, 7) is 1.56. The van der Waals surface area contributed by atoms with Gasteiger partial charge in [0.05, 0.1) is 34.1 Å². The molecule has 0 aliphatic carbocycles. The van der Waals surface area contributed by atoms with E-state index in [1.807, 2.05) is 0 Å². The van der Waals surface area contributed by atoms with Gasteiger partial charge in [-0.1, -0.05) is 6.07 Å². The van der Waals surface area contributed by atoms with Crippen LogP contribution in [0.2, 0.25) is 0 Å². The number of aliphatic hydroxyl groups excluding tert-OH is 1. The minimum Gasteiger partial charge on any atom is -0.478 e. The minimum absolute atomic E-state index is 0.138. The highest BCUT2D eigenvalue weighted by atomic mass is 32.2. The summed E-state index contributed by atoms with van der Waals surface area (Å²) in [5.74, 6) is -1.70. The number of carboxylic acids is 1. The third kappa shape index (κ3) is 4.86. The van der Waals surface area contributed by atoms with Crippen molar-refractivity contribution in [1.82, 2.24) is 0 Å². The number of nitrogens with one attached hydrogen (secondary N) is 2. The number of sulfonamides is 1. The van der Waals surface area contributed by atoms with Crippen LogP contribution >= 0.6 is 0 Å². The lowest BCUT2D eigenvalue weighted by Crippen LogP contribution is -2.31. The third-order valence-electron chi connectivity index (χ3n) is 4.54. The van der Waals surface area contributed by atoms with Gasteiger partial charge in [-0.3, -0.25) is 4.72 Å². The van der Waals surface area contributed by atoms with Gasteiger partial charge in [0.25, 0.3) is 10.0 Å². The molecule has 4 N–H and O–H groups in total. The summed E-state index contributed by atoms with van der Waals surface area (Å²) in [5, 5.41) is 21.8. The van der Waals surface area contributed by atoms with Crippen molar-refractivity contribution < 1.29 is 31.8 Å². The molecule has 156 valence electrons. The van der Waals surface area contributed by atoms with Gasteiger partial charge in [-0.15, -0.1) is 0 Å². The molecule has 0 spiro atoms. The molecule has 2 aromatic rings. The molecule has 0 unspecified atom stereocenters. The Balaban J connectivity index is 1.76. The number of hydrogen-bond acceptors (Lipinski definition) is 7. The Morgan fingerprint density at radius 3 is 2.24 bits per heavy atom. The first-order chi connectivity index (χ1) is 13.5. The SMILES string of the molecule is Cc1ccc(C(=O)O)cc1S(=O)(=O)Nc1ccc(N[C@@H]2CS(=O)(=O)C[C@@H]2O)cc1. The number of benzene rings is 2. The molecule has 2 atom stereocenters. The van der Waals surface area contributed by atoms with Crippen molar-refractivity contribution in [3.8, 4) is 0 Å². The van der Waals surface area contributed by atoms with Crippen LogP contribution in [0, 0.1) is 6.92 Å². The predicted octanol–water partition coefficient (Wildman–Crippen LogP) is 1.06. The van der Waals surface area contributed by atoms with E-state index in [0.717, 1.165) is 6.07 Å². The molecule has 0 saturated carbocycles. The smallest absolute Gasteiger partial charge is 0.335 e. The van der Waals surface area contributed by atoms with E-state index in [4.69, 9.17) is 5.11 Å². The van der Waals surface area contributed by atoms with Gasteiger partial charge >= 0.3 is 5.97 Å². The maximum atomic E-state index is 12.7. The molecule has 29 heavy (non-hydrogen) atoms. The average Bonchev–Trinajstić information content (AvgIpc) is 2.88. The molecule has 0 bridgehead atoms. The van der Waals surface area contributed by atoms with Crippen LogP contribution in [-0.4, -0.2) is 56.7 Å². The highest BCUT2D eigenvalue weighted by Gasteiger charge is 2.36. The van der Waals surface area contributed by atoms with Crippen LogP contribution in [0.1, 0.15) is 15.9 Å². The van der Waals surface area contributed by atoms with Crippen LogP contribution in [-0.2, 0) is 19.9 Å². The number of carboxylic acid groups (broad SMARTS) is 1. The molecule has 1 aliphatic heterocycles. The molecule has 0 aromatic heterocycles. The van der Waals surface area contributed by atoms with E-state index < -0.39 is 38.0 Å². The van der Waals surface area contributed by atoms with E-state index >= 15 is 0 Å². The highest BCUT2D eigenvalue weighted by Crippen LogP contribution is 2.23. The Hall–Kier alpha value is -2.63. The molecule has 3 rings (SSSR count). The third-order valence-corrected chi connectivity index (χ3v) is 7.78. The molecular formula is C18H20N2O7S2. The number of hydrogen-bond donors (Lipinski definition) is 4. The number of anilines is 2. The van der Waals surface area contributed by atoms with Crippen molar-refractivity contribution in [2.75, 3.05) is 21.5 Å². The van der Waals surface area contributed by atoms with Crippen molar-refractivity contribution in [2.24, 2.45) is 0 Å². The predicted molar refractivity (Wildman–Crippen MR) is 107 cm³/mol. The maximum absolute atomic E-state index is 12.7. The normalized spacial score (nSPS) is 20.9. The van der Waals surface area contributed by atoms with E-state index in [1.165, 1.54) is 24.3 Å². The summed E-state index contributed by atoms with van der Waals surface area (Å²) in [6.07, 6.45) is -1.01. The molecule has 1 saturated heterocycles. The van der Waals surface area contributed by atoms with Gasteiger partial charge in [0, 0.05) is 11.4 Å². The van der Waals surface area contributed by atoms with Gasteiger partial charge in [-0.25, -0.2) is 21.6 Å². The fourth-order valence-electron chi connectivity index (χ4n) is 3.05. The van der Waals surface area contributed by atoms with Crippen molar-refractivity contribution in [2.45, 2.75) is 24.0 Å². The van der Waals surface area contributed by atoms with E-state index in [0.29, 0.717) is 11.3 Å². The Kier molecular flexibility index (Phi) is 5.57. The summed E-state index contributed by atoms with van der Waals surface area (Å²) in [4.78, 5) is 11.0.